The van der Waals surface area contributed by atoms with E-state index in [9.17, 15) is 14.3 Å². The van der Waals surface area contributed by atoms with Gasteiger partial charge in [0, 0.05) is 31.2 Å². The summed E-state index contributed by atoms with van der Waals surface area (Å²) in [4.78, 5) is 16.1. The second-order valence-corrected chi connectivity index (χ2v) is 6.64. The van der Waals surface area contributed by atoms with Crippen LogP contribution in [0.4, 0.5) is 4.39 Å². The summed E-state index contributed by atoms with van der Waals surface area (Å²) in [5.41, 5.74) is 1.20. The topological polar surface area (TPSA) is 77.9 Å². The van der Waals surface area contributed by atoms with Gasteiger partial charge >= 0.3 is 5.97 Å². The number of aliphatic hydroxyl groups excluding tert-OH is 1. The summed E-state index contributed by atoms with van der Waals surface area (Å²) in [5.74, 6) is -2.03. The molecule has 8 heteroatoms. The van der Waals surface area contributed by atoms with Crippen LogP contribution in [-0.2, 0) is 16.1 Å². The molecular formula is C18H17ClFNO5. The molecular weight excluding hydrogens is 365 g/mol. The van der Waals surface area contributed by atoms with E-state index in [-0.39, 0.29) is 23.1 Å². The number of benzene rings is 1. The number of ether oxygens (including phenoxy) is 3. The van der Waals surface area contributed by atoms with E-state index < -0.39 is 23.7 Å². The summed E-state index contributed by atoms with van der Waals surface area (Å²) in [6, 6.07) is 3.91. The molecule has 2 heterocycles. The summed E-state index contributed by atoms with van der Waals surface area (Å²) < 4.78 is 29.5. The van der Waals surface area contributed by atoms with E-state index in [2.05, 4.69) is 4.98 Å². The normalized spacial score (nSPS) is 16.4. The van der Waals surface area contributed by atoms with Crippen molar-refractivity contribution < 1.29 is 28.5 Å². The molecule has 26 heavy (non-hydrogen) atoms. The Balaban J connectivity index is 2.11. The smallest absolute Gasteiger partial charge is 0.360 e. The van der Waals surface area contributed by atoms with E-state index in [4.69, 9.17) is 25.8 Å². The van der Waals surface area contributed by atoms with Gasteiger partial charge in [-0.2, -0.15) is 0 Å². The van der Waals surface area contributed by atoms with Gasteiger partial charge in [-0.3, -0.25) is 0 Å². The Labute approximate surface area is 154 Å². The molecule has 3 rings (SSSR count). The minimum absolute atomic E-state index is 0.00744. The molecule has 0 saturated carbocycles. The van der Waals surface area contributed by atoms with Crippen molar-refractivity contribution in [2.24, 2.45) is 0 Å². The Morgan fingerprint density at radius 1 is 1.46 bits per heavy atom. The fraction of sp³-hybridized carbons (Fsp3) is 0.333. The van der Waals surface area contributed by atoms with Crippen LogP contribution in [0.2, 0.25) is 5.02 Å². The number of halogens is 2. The average Bonchev–Trinajstić information content (AvgIpc) is 2.61. The third kappa shape index (κ3) is 3.38. The number of carbonyl (C=O) groups is 1. The maximum atomic E-state index is 13.4. The Hall–Kier alpha value is -2.22. The molecule has 2 aromatic rings. The molecule has 1 aliphatic heterocycles. The van der Waals surface area contributed by atoms with Crippen LogP contribution in [0.25, 0.3) is 0 Å². The summed E-state index contributed by atoms with van der Waals surface area (Å²) in [7, 11) is 1.24. The van der Waals surface area contributed by atoms with Crippen molar-refractivity contribution in [3.63, 3.8) is 0 Å². The highest BCUT2D eigenvalue weighted by molar-refractivity contribution is 6.30. The SMILES string of the molecule is COC(=O)c1ncc([C@H](O)c2ccc(F)c(Cl)c2)c2c1OC(C)(C)OC2. The average molecular weight is 382 g/mol. The lowest BCUT2D eigenvalue weighted by Crippen LogP contribution is -2.37. The first kappa shape index (κ1) is 18.6. The number of carbonyl (C=O) groups excluding carboxylic acids is 1. The number of hydrogen-bond acceptors (Lipinski definition) is 6. The van der Waals surface area contributed by atoms with Crippen LogP contribution in [0.5, 0.6) is 5.75 Å². The maximum absolute atomic E-state index is 13.4. The molecule has 0 fully saturated rings. The summed E-state index contributed by atoms with van der Waals surface area (Å²) in [6.07, 6.45) is 0.187. The zero-order valence-corrected chi connectivity index (χ0v) is 15.1. The number of pyridine rings is 1. The molecule has 138 valence electrons. The van der Waals surface area contributed by atoms with Crippen molar-refractivity contribution in [2.75, 3.05) is 7.11 Å². The van der Waals surface area contributed by atoms with Crippen LogP contribution in [-0.4, -0.2) is 29.0 Å². The molecule has 0 radical (unpaired) electrons. The first-order valence-electron chi connectivity index (χ1n) is 7.79. The van der Waals surface area contributed by atoms with E-state index >= 15 is 0 Å². The number of aromatic nitrogens is 1. The largest absolute Gasteiger partial charge is 0.464 e. The van der Waals surface area contributed by atoms with Crippen molar-refractivity contribution in [1.82, 2.24) is 4.98 Å². The van der Waals surface area contributed by atoms with E-state index in [1.807, 2.05) is 0 Å². The monoisotopic (exact) mass is 381 g/mol. The highest BCUT2D eigenvalue weighted by Crippen LogP contribution is 2.39. The summed E-state index contributed by atoms with van der Waals surface area (Å²) in [6.45, 7) is 3.48. The van der Waals surface area contributed by atoms with Gasteiger partial charge in [-0.05, 0) is 17.7 Å². The van der Waals surface area contributed by atoms with Gasteiger partial charge in [0.1, 0.15) is 11.9 Å². The molecule has 0 bridgehead atoms. The predicted octanol–water partition coefficient (Wildman–Crippen LogP) is 3.39. The van der Waals surface area contributed by atoms with Crippen LogP contribution in [0.3, 0.4) is 0 Å². The van der Waals surface area contributed by atoms with E-state index in [0.717, 1.165) is 0 Å². The number of fused-ring (bicyclic) bond motifs is 1. The van der Waals surface area contributed by atoms with Crippen LogP contribution in [0.15, 0.2) is 24.4 Å². The van der Waals surface area contributed by atoms with Crippen LogP contribution in [0, 0.1) is 5.82 Å². The van der Waals surface area contributed by atoms with Crippen molar-refractivity contribution in [1.29, 1.82) is 0 Å². The molecule has 1 N–H and O–H groups in total. The standard InChI is InChI=1S/C18H17ClFNO5/c1-18(2)25-8-11-10(7-21-14(16(11)26-18)17(23)24-3)15(22)9-4-5-13(20)12(19)6-9/h4-7,15,22H,8H2,1-3H3/t15-/m1/s1. The van der Waals surface area contributed by atoms with Gasteiger partial charge in [-0.25, -0.2) is 14.2 Å². The third-order valence-corrected chi connectivity index (χ3v) is 4.30. The minimum atomic E-state index is -1.16. The Morgan fingerprint density at radius 3 is 2.85 bits per heavy atom. The van der Waals surface area contributed by atoms with Crippen molar-refractivity contribution >= 4 is 17.6 Å². The zero-order valence-electron chi connectivity index (χ0n) is 14.4. The lowest BCUT2D eigenvalue weighted by atomic mass is 9.96. The fourth-order valence-electron chi connectivity index (χ4n) is 2.66. The van der Waals surface area contributed by atoms with E-state index in [1.165, 1.54) is 31.5 Å². The number of nitrogens with zero attached hydrogens (tertiary/aromatic N) is 1. The van der Waals surface area contributed by atoms with Crippen molar-refractivity contribution in [3.8, 4) is 5.75 Å². The van der Waals surface area contributed by atoms with Crippen molar-refractivity contribution in [3.05, 3.63) is 57.6 Å². The van der Waals surface area contributed by atoms with E-state index in [1.54, 1.807) is 13.8 Å². The molecule has 1 aliphatic rings. The van der Waals surface area contributed by atoms with Gasteiger partial charge in [0.15, 0.2) is 11.4 Å². The molecule has 1 atom stereocenters. The Morgan fingerprint density at radius 2 is 2.19 bits per heavy atom. The van der Waals surface area contributed by atoms with Crippen LogP contribution >= 0.6 is 11.6 Å². The second-order valence-electron chi connectivity index (χ2n) is 6.23. The molecule has 0 amide bonds. The molecule has 1 aromatic heterocycles. The first-order chi connectivity index (χ1) is 12.2. The molecule has 1 aromatic carbocycles. The van der Waals surface area contributed by atoms with Crippen molar-refractivity contribution in [2.45, 2.75) is 32.3 Å². The fourth-order valence-corrected chi connectivity index (χ4v) is 2.85. The summed E-state index contributed by atoms with van der Waals surface area (Å²) >= 11 is 5.80. The molecule has 0 unspecified atom stereocenters. The summed E-state index contributed by atoms with van der Waals surface area (Å²) in [5, 5.41) is 10.6. The van der Waals surface area contributed by atoms with Gasteiger partial charge < -0.3 is 19.3 Å². The van der Waals surface area contributed by atoms with Crippen LogP contribution < -0.4 is 4.74 Å². The van der Waals surface area contributed by atoms with E-state index in [0.29, 0.717) is 16.7 Å². The second kappa shape index (κ2) is 6.83. The Kier molecular flexibility index (Phi) is 4.88. The van der Waals surface area contributed by atoms with Gasteiger partial charge in [0.05, 0.1) is 18.7 Å². The number of hydrogen-bond donors (Lipinski definition) is 1. The zero-order chi connectivity index (χ0) is 19.1. The molecule has 6 nitrogen and oxygen atoms in total. The number of methoxy groups -OCH3 is 1. The third-order valence-electron chi connectivity index (χ3n) is 4.02. The highest BCUT2D eigenvalue weighted by Gasteiger charge is 2.35. The van der Waals surface area contributed by atoms with Crippen LogP contribution in [0.1, 0.15) is 47.1 Å². The minimum Gasteiger partial charge on any atom is -0.464 e. The quantitative estimate of drug-likeness (QED) is 0.821. The lowest BCUT2D eigenvalue weighted by Gasteiger charge is -2.34. The number of aliphatic hydroxyl groups is 1. The van der Waals surface area contributed by atoms with Gasteiger partial charge in [-0.1, -0.05) is 17.7 Å². The lowest BCUT2D eigenvalue weighted by molar-refractivity contribution is -0.181. The number of esters is 1. The number of rotatable bonds is 3. The molecule has 0 aliphatic carbocycles. The van der Waals surface area contributed by atoms with Gasteiger partial charge in [-0.15, -0.1) is 0 Å². The van der Waals surface area contributed by atoms with Gasteiger partial charge in [0.2, 0.25) is 5.79 Å². The molecule has 0 spiro atoms. The maximum Gasteiger partial charge on any atom is 0.360 e. The molecule has 0 saturated heterocycles. The Bertz CT molecular complexity index is 871. The predicted molar refractivity (Wildman–Crippen MR) is 90.5 cm³/mol. The van der Waals surface area contributed by atoms with Gasteiger partial charge in [0.25, 0.3) is 0 Å². The first-order valence-corrected chi connectivity index (χ1v) is 8.17. The highest BCUT2D eigenvalue weighted by atomic mass is 35.5.